The molecule has 2 bridgehead atoms. The van der Waals surface area contributed by atoms with Gasteiger partial charge in [-0.1, -0.05) is 6.42 Å². The van der Waals surface area contributed by atoms with Crippen LogP contribution in [0.3, 0.4) is 0 Å². The molecule has 4 heterocycles. The van der Waals surface area contributed by atoms with Gasteiger partial charge in [0, 0.05) is 50.2 Å². The average molecular weight is 345 g/mol. The average Bonchev–Trinajstić information content (AvgIpc) is 2.82. The Morgan fingerprint density at radius 3 is 2.72 bits per heavy atom. The van der Waals surface area contributed by atoms with E-state index < -0.39 is 0 Å². The molecule has 0 radical (unpaired) electrons. The lowest BCUT2D eigenvalue weighted by atomic mass is 9.83. The predicted molar refractivity (Wildman–Crippen MR) is 94.5 cm³/mol. The number of amides is 1. The lowest BCUT2D eigenvalue weighted by Gasteiger charge is -2.40. The number of rotatable bonds is 5. The van der Waals surface area contributed by atoms with Gasteiger partial charge in [-0.15, -0.1) is 0 Å². The van der Waals surface area contributed by atoms with Crippen LogP contribution in [0, 0.1) is 11.8 Å². The van der Waals surface area contributed by atoms with Crippen molar-refractivity contribution in [1.82, 2.24) is 14.8 Å². The summed E-state index contributed by atoms with van der Waals surface area (Å²) in [5, 5.41) is 0. The summed E-state index contributed by atoms with van der Waals surface area (Å²) in [4.78, 5) is 32.5. The van der Waals surface area contributed by atoms with Gasteiger partial charge < -0.3 is 14.6 Å². The van der Waals surface area contributed by atoms with Crippen molar-refractivity contribution >= 4 is 5.91 Å². The molecule has 1 N–H and O–H groups in total. The maximum atomic E-state index is 12.8. The number of pyridine rings is 1. The van der Waals surface area contributed by atoms with Crippen LogP contribution in [-0.2, 0) is 11.3 Å². The number of carbonyl (C=O) groups excluding carboxylic acids is 1. The highest BCUT2D eigenvalue weighted by Crippen LogP contribution is 2.34. The zero-order chi connectivity index (χ0) is 17.4. The molecule has 136 valence electrons. The molecule has 0 unspecified atom stereocenters. The van der Waals surface area contributed by atoms with Gasteiger partial charge >= 0.3 is 0 Å². The minimum atomic E-state index is -0.100. The van der Waals surface area contributed by atoms with Crippen LogP contribution in [0.5, 0.6) is 5.75 Å². The van der Waals surface area contributed by atoms with Crippen LogP contribution in [0.4, 0.5) is 0 Å². The molecule has 0 aromatic carbocycles. The normalized spacial score (nSPS) is 27.2. The minimum absolute atomic E-state index is 0.100. The zero-order valence-corrected chi connectivity index (χ0v) is 14.9. The number of piperidine rings is 1. The number of hydrogen-bond acceptors (Lipinski definition) is 4. The maximum Gasteiger partial charge on any atom is 0.227 e. The van der Waals surface area contributed by atoms with E-state index in [1.165, 1.54) is 26.4 Å². The standard InChI is InChI=1S/C19H27N3O3/c1-25-18-8-20-15(7-17(18)23)11-21-10-14-5-6-16(12-21)22(19(14)24)9-13-3-2-4-13/h7-8,13-14,16H,2-6,9-12H2,1H3,(H,20,23)/t14-,16+/m0/s1. The Bertz CT molecular complexity index is 697. The Morgan fingerprint density at radius 2 is 2.04 bits per heavy atom. The number of fused-ring (bicyclic) bond motifs is 4. The highest BCUT2D eigenvalue weighted by Gasteiger charge is 2.41. The van der Waals surface area contributed by atoms with Gasteiger partial charge in [0.2, 0.25) is 11.3 Å². The Hall–Kier alpha value is -1.82. The van der Waals surface area contributed by atoms with Gasteiger partial charge in [0.1, 0.15) is 0 Å². The second-order valence-electron chi connectivity index (χ2n) is 7.80. The van der Waals surface area contributed by atoms with Gasteiger partial charge in [-0.3, -0.25) is 14.5 Å². The van der Waals surface area contributed by atoms with E-state index in [1.807, 2.05) is 0 Å². The smallest absolute Gasteiger partial charge is 0.227 e. The van der Waals surface area contributed by atoms with Crippen molar-refractivity contribution in [2.24, 2.45) is 11.8 Å². The Morgan fingerprint density at radius 1 is 1.20 bits per heavy atom. The number of methoxy groups -OCH3 is 1. The molecule has 1 aliphatic carbocycles. The van der Waals surface area contributed by atoms with E-state index in [1.54, 1.807) is 12.3 Å². The molecule has 1 aromatic heterocycles. The van der Waals surface area contributed by atoms with Crippen LogP contribution in [0.25, 0.3) is 0 Å². The lowest BCUT2D eigenvalue weighted by molar-refractivity contribution is -0.141. The van der Waals surface area contributed by atoms with Crippen molar-refractivity contribution in [3.05, 3.63) is 28.2 Å². The van der Waals surface area contributed by atoms with E-state index in [9.17, 15) is 9.59 Å². The fraction of sp³-hybridized carbons (Fsp3) is 0.684. The van der Waals surface area contributed by atoms with Gasteiger partial charge in [-0.25, -0.2) is 0 Å². The number of H-pyrrole nitrogens is 1. The van der Waals surface area contributed by atoms with E-state index in [0.29, 0.717) is 24.2 Å². The highest BCUT2D eigenvalue weighted by molar-refractivity contribution is 5.80. The van der Waals surface area contributed by atoms with Crippen molar-refractivity contribution in [1.29, 1.82) is 0 Å². The van der Waals surface area contributed by atoms with Crippen molar-refractivity contribution in [3.8, 4) is 5.75 Å². The highest BCUT2D eigenvalue weighted by atomic mass is 16.5. The summed E-state index contributed by atoms with van der Waals surface area (Å²) in [6.07, 6.45) is 7.60. The first kappa shape index (κ1) is 16.6. The van der Waals surface area contributed by atoms with E-state index in [4.69, 9.17) is 4.74 Å². The summed E-state index contributed by atoms with van der Waals surface area (Å²) in [5.74, 6) is 1.52. The number of carbonyl (C=O) groups is 1. The topological polar surface area (TPSA) is 65.6 Å². The van der Waals surface area contributed by atoms with Crippen LogP contribution in [0.1, 0.15) is 37.8 Å². The van der Waals surface area contributed by atoms with Crippen LogP contribution >= 0.6 is 0 Å². The molecule has 2 atom stereocenters. The number of aromatic nitrogens is 1. The molecular formula is C19H27N3O3. The van der Waals surface area contributed by atoms with Crippen LogP contribution in [0.2, 0.25) is 0 Å². The van der Waals surface area contributed by atoms with Crippen molar-refractivity contribution < 1.29 is 9.53 Å². The van der Waals surface area contributed by atoms with Gasteiger partial charge in [0.15, 0.2) is 5.75 Å². The third-order valence-electron chi connectivity index (χ3n) is 6.10. The van der Waals surface area contributed by atoms with Crippen molar-refractivity contribution in [2.45, 2.75) is 44.7 Å². The van der Waals surface area contributed by atoms with Crippen LogP contribution in [-0.4, -0.2) is 53.5 Å². The first-order chi connectivity index (χ1) is 12.1. The van der Waals surface area contributed by atoms with E-state index in [2.05, 4.69) is 14.8 Å². The molecule has 6 heteroatoms. The number of hydrogen-bond donors (Lipinski definition) is 1. The molecule has 5 rings (SSSR count). The largest absolute Gasteiger partial charge is 0.491 e. The number of ether oxygens (including phenoxy) is 1. The van der Waals surface area contributed by atoms with E-state index in [0.717, 1.165) is 44.1 Å². The maximum absolute atomic E-state index is 12.8. The van der Waals surface area contributed by atoms with Crippen LogP contribution < -0.4 is 10.2 Å². The van der Waals surface area contributed by atoms with Gasteiger partial charge in [0.25, 0.3) is 0 Å². The molecule has 0 spiro atoms. The summed E-state index contributed by atoms with van der Waals surface area (Å²) in [6, 6.07) is 1.94. The monoisotopic (exact) mass is 345 g/mol. The van der Waals surface area contributed by atoms with Gasteiger partial charge in [0.05, 0.1) is 13.0 Å². The van der Waals surface area contributed by atoms with Gasteiger partial charge in [-0.05, 0) is 31.6 Å². The molecular weight excluding hydrogens is 318 g/mol. The molecule has 6 nitrogen and oxygen atoms in total. The molecule has 1 amide bonds. The predicted octanol–water partition coefficient (Wildman–Crippen LogP) is 1.61. The molecule has 4 aliphatic rings. The Balaban J connectivity index is 1.46. The molecule has 3 saturated heterocycles. The van der Waals surface area contributed by atoms with E-state index in [-0.39, 0.29) is 11.3 Å². The summed E-state index contributed by atoms with van der Waals surface area (Å²) < 4.78 is 5.03. The Kier molecular flexibility index (Phi) is 4.54. The lowest BCUT2D eigenvalue weighted by Crippen LogP contribution is -2.50. The first-order valence-electron chi connectivity index (χ1n) is 9.42. The van der Waals surface area contributed by atoms with Gasteiger partial charge in [-0.2, -0.15) is 0 Å². The summed E-state index contributed by atoms with van der Waals surface area (Å²) in [6.45, 7) is 3.33. The summed E-state index contributed by atoms with van der Waals surface area (Å²) in [5.41, 5.74) is 0.779. The quantitative estimate of drug-likeness (QED) is 0.880. The summed E-state index contributed by atoms with van der Waals surface area (Å²) in [7, 11) is 1.50. The molecule has 25 heavy (non-hydrogen) atoms. The third-order valence-corrected chi connectivity index (χ3v) is 6.10. The first-order valence-corrected chi connectivity index (χ1v) is 9.42. The second kappa shape index (κ2) is 6.83. The van der Waals surface area contributed by atoms with Crippen molar-refractivity contribution in [3.63, 3.8) is 0 Å². The molecule has 1 saturated carbocycles. The third kappa shape index (κ3) is 3.32. The number of aromatic amines is 1. The zero-order valence-electron chi connectivity index (χ0n) is 14.9. The van der Waals surface area contributed by atoms with Crippen LogP contribution in [0.15, 0.2) is 17.1 Å². The van der Waals surface area contributed by atoms with Crippen molar-refractivity contribution in [2.75, 3.05) is 26.7 Å². The number of nitrogens with zero attached hydrogens (tertiary/aromatic N) is 2. The molecule has 1 aromatic rings. The summed E-state index contributed by atoms with van der Waals surface area (Å²) >= 11 is 0. The number of nitrogens with one attached hydrogen (secondary N) is 1. The minimum Gasteiger partial charge on any atom is -0.491 e. The fourth-order valence-electron chi connectivity index (χ4n) is 4.44. The Labute approximate surface area is 148 Å². The van der Waals surface area contributed by atoms with E-state index >= 15 is 0 Å². The second-order valence-corrected chi connectivity index (χ2v) is 7.80. The SMILES string of the molecule is COc1c[nH]c(CN2C[C@@H]3CC[C@H](C2)N(CC2CCC2)C3=O)cc1=O. The molecule has 4 fully saturated rings. The fourth-order valence-corrected chi connectivity index (χ4v) is 4.44. The molecule has 3 aliphatic heterocycles.